The lowest BCUT2D eigenvalue weighted by Crippen LogP contribution is -2.10. The van der Waals surface area contributed by atoms with Crippen molar-refractivity contribution in [1.82, 2.24) is 0 Å². The van der Waals surface area contributed by atoms with E-state index >= 15 is 0 Å². The van der Waals surface area contributed by atoms with Crippen LogP contribution in [0.1, 0.15) is 18.6 Å². The summed E-state index contributed by atoms with van der Waals surface area (Å²) < 4.78 is 39.1. The second kappa shape index (κ2) is 6.57. The molecular weight excluding hydrogens is 295 g/mol. The fourth-order valence-electron chi connectivity index (χ4n) is 1.75. The predicted molar refractivity (Wildman–Crippen MR) is 74.9 cm³/mol. The molecule has 116 valence electrons. The standard InChI is InChI=1S/C14H19O6P/c1-11(12-5-3-2-4-6-12)20-21(15,18-9-13-7-16-13)19-10-14-8-17-14/h2-6,11,13-14H,7-10H2,1H3. The molecule has 2 heterocycles. The molecule has 0 saturated carbocycles. The molecule has 1 aromatic carbocycles. The van der Waals surface area contributed by atoms with Crippen molar-refractivity contribution in [1.29, 1.82) is 0 Å². The van der Waals surface area contributed by atoms with Crippen LogP contribution in [-0.4, -0.2) is 38.6 Å². The van der Waals surface area contributed by atoms with Crippen molar-refractivity contribution in [3.63, 3.8) is 0 Å². The molecule has 0 N–H and O–H groups in total. The van der Waals surface area contributed by atoms with Crippen molar-refractivity contribution < 1.29 is 27.6 Å². The zero-order valence-corrected chi connectivity index (χ0v) is 12.7. The molecule has 3 atom stereocenters. The van der Waals surface area contributed by atoms with Crippen LogP contribution in [0.25, 0.3) is 0 Å². The van der Waals surface area contributed by atoms with Gasteiger partial charge in [-0.05, 0) is 12.5 Å². The van der Waals surface area contributed by atoms with Gasteiger partial charge in [-0.25, -0.2) is 4.57 Å². The number of epoxide rings is 2. The van der Waals surface area contributed by atoms with Crippen LogP contribution in [0.15, 0.2) is 30.3 Å². The number of ether oxygens (including phenoxy) is 2. The monoisotopic (exact) mass is 314 g/mol. The van der Waals surface area contributed by atoms with Crippen molar-refractivity contribution >= 4 is 7.82 Å². The first-order valence-electron chi connectivity index (χ1n) is 7.00. The highest BCUT2D eigenvalue weighted by Crippen LogP contribution is 2.53. The van der Waals surface area contributed by atoms with Gasteiger partial charge in [0.2, 0.25) is 0 Å². The first kappa shape index (κ1) is 15.2. The third-order valence-corrected chi connectivity index (χ3v) is 4.70. The summed E-state index contributed by atoms with van der Waals surface area (Å²) in [6, 6.07) is 9.53. The Bertz CT molecular complexity index is 479. The summed E-state index contributed by atoms with van der Waals surface area (Å²) in [4.78, 5) is 0. The first-order valence-corrected chi connectivity index (χ1v) is 8.46. The van der Waals surface area contributed by atoms with Gasteiger partial charge in [0.1, 0.15) is 12.2 Å². The number of benzene rings is 1. The van der Waals surface area contributed by atoms with E-state index in [1.807, 2.05) is 37.3 Å². The van der Waals surface area contributed by atoms with Crippen molar-refractivity contribution in [2.75, 3.05) is 26.4 Å². The second-order valence-electron chi connectivity index (χ2n) is 5.11. The zero-order valence-electron chi connectivity index (χ0n) is 11.8. The summed E-state index contributed by atoms with van der Waals surface area (Å²) in [6.07, 6.45) is -0.401. The van der Waals surface area contributed by atoms with Crippen LogP contribution in [0.3, 0.4) is 0 Å². The van der Waals surface area contributed by atoms with Gasteiger partial charge in [0.15, 0.2) is 0 Å². The normalized spacial score (nSPS) is 27.9. The minimum Gasteiger partial charge on any atom is -0.371 e. The lowest BCUT2D eigenvalue weighted by Gasteiger charge is -2.21. The predicted octanol–water partition coefficient (Wildman–Crippen LogP) is 2.70. The topological polar surface area (TPSA) is 69.8 Å². The van der Waals surface area contributed by atoms with Gasteiger partial charge in [-0.1, -0.05) is 30.3 Å². The van der Waals surface area contributed by atoms with Gasteiger partial charge in [-0.2, -0.15) is 0 Å². The summed E-state index contributed by atoms with van der Waals surface area (Å²) in [5, 5.41) is 0. The van der Waals surface area contributed by atoms with Crippen LogP contribution in [0.5, 0.6) is 0 Å². The molecule has 3 rings (SSSR count). The fraction of sp³-hybridized carbons (Fsp3) is 0.571. The van der Waals surface area contributed by atoms with Gasteiger partial charge < -0.3 is 9.47 Å². The number of phosphoric acid groups is 1. The number of hydrogen-bond acceptors (Lipinski definition) is 6. The Morgan fingerprint density at radius 2 is 1.67 bits per heavy atom. The molecule has 6 nitrogen and oxygen atoms in total. The molecule has 2 fully saturated rings. The molecule has 1 aromatic rings. The van der Waals surface area contributed by atoms with E-state index in [4.69, 9.17) is 23.0 Å². The van der Waals surface area contributed by atoms with Crippen LogP contribution < -0.4 is 0 Å². The van der Waals surface area contributed by atoms with E-state index in [1.165, 1.54) is 0 Å². The van der Waals surface area contributed by atoms with Gasteiger partial charge >= 0.3 is 7.82 Å². The minimum absolute atomic E-state index is 0.00488. The largest absolute Gasteiger partial charge is 0.475 e. The molecule has 2 aliphatic heterocycles. The number of hydrogen-bond donors (Lipinski definition) is 0. The maximum atomic E-state index is 12.7. The van der Waals surface area contributed by atoms with Gasteiger partial charge in [0, 0.05) is 0 Å². The van der Waals surface area contributed by atoms with E-state index in [-0.39, 0.29) is 25.4 Å². The molecule has 3 unspecified atom stereocenters. The molecule has 0 bridgehead atoms. The summed E-state index contributed by atoms with van der Waals surface area (Å²) >= 11 is 0. The Morgan fingerprint density at radius 1 is 1.14 bits per heavy atom. The number of rotatable bonds is 9. The SMILES string of the molecule is CC(OP(=O)(OCC1CO1)OCC1CO1)c1ccccc1. The van der Waals surface area contributed by atoms with E-state index in [2.05, 4.69) is 0 Å². The Labute approximate surface area is 123 Å². The highest BCUT2D eigenvalue weighted by molar-refractivity contribution is 7.48. The molecule has 0 radical (unpaired) electrons. The highest BCUT2D eigenvalue weighted by atomic mass is 31.2. The van der Waals surface area contributed by atoms with Crippen molar-refractivity contribution in [3.8, 4) is 0 Å². The van der Waals surface area contributed by atoms with Gasteiger partial charge in [-0.15, -0.1) is 0 Å². The quantitative estimate of drug-likeness (QED) is 0.515. The lowest BCUT2D eigenvalue weighted by atomic mass is 10.1. The van der Waals surface area contributed by atoms with Crippen LogP contribution in [0.2, 0.25) is 0 Å². The molecule has 0 amide bonds. The number of phosphoric ester groups is 1. The van der Waals surface area contributed by atoms with Crippen LogP contribution >= 0.6 is 7.82 Å². The Hall–Kier alpha value is -0.750. The van der Waals surface area contributed by atoms with E-state index in [9.17, 15) is 4.57 Å². The van der Waals surface area contributed by atoms with E-state index in [0.29, 0.717) is 13.2 Å². The smallest absolute Gasteiger partial charge is 0.371 e. The van der Waals surface area contributed by atoms with Gasteiger partial charge in [-0.3, -0.25) is 13.6 Å². The summed E-state index contributed by atoms with van der Waals surface area (Å²) in [7, 11) is -3.63. The Balaban J connectivity index is 1.60. The average Bonchev–Trinajstić information content (AvgIpc) is 3.39. The second-order valence-corrected chi connectivity index (χ2v) is 6.73. The van der Waals surface area contributed by atoms with Gasteiger partial charge in [0.25, 0.3) is 0 Å². The Kier molecular flexibility index (Phi) is 4.74. The van der Waals surface area contributed by atoms with Crippen molar-refractivity contribution in [2.24, 2.45) is 0 Å². The molecule has 21 heavy (non-hydrogen) atoms. The van der Waals surface area contributed by atoms with E-state index < -0.39 is 13.9 Å². The molecular formula is C14H19O6P. The summed E-state index contributed by atoms with van der Waals surface area (Å²) in [6.45, 7) is 3.49. The molecule has 0 aliphatic carbocycles. The summed E-state index contributed by atoms with van der Waals surface area (Å²) in [5.74, 6) is 0. The van der Waals surface area contributed by atoms with Gasteiger partial charge in [0.05, 0.1) is 32.5 Å². The maximum absolute atomic E-state index is 12.7. The molecule has 2 saturated heterocycles. The maximum Gasteiger partial charge on any atom is 0.475 e. The molecule has 0 aromatic heterocycles. The molecule has 7 heteroatoms. The first-order chi connectivity index (χ1) is 10.1. The zero-order chi connectivity index (χ0) is 14.7. The van der Waals surface area contributed by atoms with E-state index in [1.54, 1.807) is 0 Å². The van der Waals surface area contributed by atoms with Crippen molar-refractivity contribution in [2.45, 2.75) is 25.2 Å². The minimum atomic E-state index is -3.63. The molecule has 2 aliphatic rings. The third kappa shape index (κ3) is 4.88. The Morgan fingerprint density at radius 3 is 2.14 bits per heavy atom. The van der Waals surface area contributed by atoms with Crippen molar-refractivity contribution in [3.05, 3.63) is 35.9 Å². The van der Waals surface area contributed by atoms with Crippen LogP contribution in [-0.2, 0) is 27.6 Å². The average molecular weight is 314 g/mol. The summed E-state index contributed by atoms with van der Waals surface area (Å²) in [5.41, 5.74) is 0.912. The third-order valence-electron chi connectivity index (χ3n) is 3.20. The fourth-order valence-corrected chi connectivity index (χ4v) is 3.16. The molecule has 0 spiro atoms. The highest BCUT2D eigenvalue weighted by Gasteiger charge is 2.36. The van der Waals surface area contributed by atoms with E-state index in [0.717, 1.165) is 5.56 Å². The lowest BCUT2D eigenvalue weighted by molar-refractivity contribution is 0.0756. The van der Waals surface area contributed by atoms with Crippen LogP contribution in [0.4, 0.5) is 0 Å². The van der Waals surface area contributed by atoms with Crippen LogP contribution in [0, 0.1) is 0 Å².